The van der Waals surface area contributed by atoms with E-state index in [0.717, 1.165) is 0 Å². The van der Waals surface area contributed by atoms with Gasteiger partial charge in [-0.05, 0) is 34.6 Å². The van der Waals surface area contributed by atoms with Crippen molar-refractivity contribution in [3.63, 3.8) is 0 Å². The van der Waals surface area contributed by atoms with Gasteiger partial charge >= 0.3 is 13.6 Å². The van der Waals surface area contributed by atoms with E-state index in [4.69, 9.17) is 18.5 Å². The van der Waals surface area contributed by atoms with Crippen LogP contribution in [0.5, 0.6) is 0 Å². The second-order valence-electron chi connectivity index (χ2n) is 4.22. The topological polar surface area (TPSA) is 83.4 Å². The maximum Gasteiger partial charge on any atom is 0.358 e. The van der Waals surface area contributed by atoms with E-state index in [0.29, 0.717) is 6.61 Å². The predicted molar refractivity (Wildman–Crippen MR) is 80.6 cm³/mol. The molecule has 0 rings (SSSR count). The maximum atomic E-state index is 12.9. The summed E-state index contributed by atoms with van der Waals surface area (Å²) in [5.74, 6) is -0.520. The summed E-state index contributed by atoms with van der Waals surface area (Å²) >= 11 is 0. The van der Waals surface area contributed by atoms with Gasteiger partial charge in [0, 0.05) is 0 Å². The molecule has 0 unspecified atom stereocenters. The van der Waals surface area contributed by atoms with Gasteiger partial charge in [0.15, 0.2) is 11.7 Å². The van der Waals surface area contributed by atoms with Crippen LogP contribution in [-0.2, 0) is 27.9 Å². The fraction of sp³-hybridized carbons (Fsp3) is 0.846. The van der Waals surface area contributed by atoms with Gasteiger partial charge in [-0.2, -0.15) is 0 Å². The van der Waals surface area contributed by atoms with E-state index in [1.165, 1.54) is 13.3 Å². The zero-order valence-electron chi connectivity index (χ0n) is 13.5. The molecule has 124 valence electrons. The van der Waals surface area contributed by atoms with Gasteiger partial charge in [-0.3, -0.25) is 9.36 Å². The lowest BCUT2D eigenvalue weighted by atomic mass is 10.2. The highest BCUT2D eigenvalue weighted by atomic mass is 31.2. The Balaban J connectivity index is 5.42. The lowest BCUT2D eigenvalue weighted by Gasteiger charge is -2.31. The van der Waals surface area contributed by atoms with Gasteiger partial charge in [0.25, 0.3) is 0 Å². The summed E-state index contributed by atoms with van der Waals surface area (Å²) in [4.78, 5) is 15.9. The first-order valence-electron chi connectivity index (χ1n) is 7.09. The summed E-state index contributed by atoms with van der Waals surface area (Å²) in [5, 5.41) is -1.39. The average Bonchev–Trinajstić information content (AvgIpc) is 2.39. The van der Waals surface area contributed by atoms with Gasteiger partial charge in [-0.15, -0.1) is 0 Å². The molecule has 0 N–H and O–H groups in total. The molecule has 0 heterocycles. The molecule has 0 aliphatic rings. The van der Waals surface area contributed by atoms with E-state index in [1.807, 2.05) is 0 Å². The van der Waals surface area contributed by atoms with Crippen LogP contribution in [0.3, 0.4) is 0 Å². The number of esters is 1. The Morgan fingerprint density at radius 1 is 1.10 bits per heavy atom. The lowest BCUT2D eigenvalue weighted by molar-refractivity contribution is -0.143. The fourth-order valence-electron chi connectivity index (χ4n) is 1.58. The number of ether oxygens (including phenoxy) is 2. The van der Waals surface area contributed by atoms with Crippen LogP contribution in [0.1, 0.15) is 41.0 Å². The second-order valence-corrected chi connectivity index (χ2v) is 6.70. The van der Waals surface area contributed by atoms with Crippen LogP contribution < -0.4 is 0 Å². The Labute approximate surface area is 126 Å². The molecule has 21 heavy (non-hydrogen) atoms. The van der Waals surface area contributed by atoms with Crippen molar-refractivity contribution in [1.82, 2.24) is 0 Å². The largest absolute Gasteiger partial charge is 0.484 e. The van der Waals surface area contributed by atoms with Crippen molar-refractivity contribution < 1.29 is 27.9 Å². The molecule has 0 radical (unpaired) electrons. The molecule has 0 aromatic rings. The van der Waals surface area contributed by atoms with Crippen LogP contribution in [0, 0.1) is 0 Å². The molecule has 0 aliphatic carbocycles. The molecule has 0 spiro atoms. The molecule has 0 aromatic heterocycles. The number of aliphatic imine (C=N–C) groups is 1. The molecular formula is C13H26NO6P. The molecule has 0 saturated carbocycles. The van der Waals surface area contributed by atoms with Crippen molar-refractivity contribution in [1.29, 1.82) is 0 Å². The fourth-order valence-corrected chi connectivity index (χ4v) is 3.40. The first-order valence-corrected chi connectivity index (χ1v) is 8.63. The normalized spacial score (nSPS) is 14.9. The molecular weight excluding hydrogens is 297 g/mol. The Bertz CT molecular complexity index is 377. The van der Waals surface area contributed by atoms with Crippen molar-refractivity contribution in [3.05, 3.63) is 0 Å². The standard InChI is InChI=1S/C13H26NO6P/c1-6-17-11-14-13(5,10-12(15)18-7-2)21(16,19-8-3)20-9-4/h11H,6-10H2,1-5H3/b14-11+/t13-/m1/s1. The van der Waals surface area contributed by atoms with Gasteiger partial charge in [0.05, 0.1) is 32.8 Å². The molecule has 8 heteroatoms. The molecule has 1 atom stereocenters. The van der Waals surface area contributed by atoms with Crippen LogP contribution in [0.4, 0.5) is 0 Å². The minimum absolute atomic E-state index is 0.180. The predicted octanol–water partition coefficient (Wildman–Crippen LogP) is 2.99. The van der Waals surface area contributed by atoms with Crippen LogP contribution in [0.15, 0.2) is 4.99 Å². The zero-order valence-corrected chi connectivity index (χ0v) is 14.4. The first-order chi connectivity index (χ1) is 9.89. The summed E-state index contributed by atoms with van der Waals surface area (Å²) in [6.45, 7) is 9.42. The smallest absolute Gasteiger partial charge is 0.358 e. The Hall–Kier alpha value is -0.910. The molecule has 0 fully saturated rings. The SMILES string of the molecule is CCO/C=N/[C@@](C)(CC(=O)OCC)P(=O)(OCC)OCC. The highest BCUT2D eigenvalue weighted by Crippen LogP contribution is 2.62. The van der Waals surface area contributed by atoms with Crippen molar-refractivity contribution >= 4 is 20.0 Å². The van der Waals surface area contributed by atoms with Crippen LogP contribution in [-0.4, -0.2) is 44.1 Å². The highest BCUT2D eigenvalue weighted by molar-refractivity contribution is 7.55. The summed E-state index contributed by atoms with van der Waals surface area (Å²) in [5.41, 5.74) is 0. The number of carbonyl (C=O) groups is 1. The second kappa shape index (κ2) is 9.92. The third-order valence-corrected chi connectivity index (χ3v) is 5.19. The summed E-state index contributed by atoms with van der Waals surface area (Å²) in [7, 11) is -3.64. The van der Waals surface area contributed by atoms with Gasteiger partial charge in [0.2, 0.25) is 0 Å². The van der Waals surface area contributed by atoms with E-state index in [1.54, 1.807) is 27.7 Å². The summed E-state index contributed by atoms with van der Waals surface area (Å²) < 4.78 is 33.5. The van der Waals surface area contributed by atoms with Gasteiger partial charge in [-0.1, -0.05) is 0 Å². The van der Waals surface area contributed by atoms with E-state index >= 15 is 0 Å². The third-order valence-electron chi connectivity index (χ3n) is 2.54. The van der Waals surface area contributed by atoms with Crippen molar-refractivity contribution in [2.75, 3.05) is 26.4 Å². The molecule has 0 bridgehead atoms. The molecule has 0 aromatic carbocycles. The molecule has 0 saturated heterocycles. The minimum Gasteiger partial charge on any atom is -0.484 e. The number of hydrogen-bond donors (Lipinski definition) is 0. The Kier molecular flexibility index (Phi) is 9.49. The van der Waals surface area contributed by atoms with Gasteiger partial charge < -0.3 is 18.5 Å². The molecule has 0 amide bonds. The molecule has 7 nitrogen and oxygen atoms in total. The van der Waals surface area contributed by atoms with E-state index in [9.17, 15) is 9.36 Å². The summed E-state index contributed by atoms with van der Waals surface area (Å²) in [6.07, 6.45) is 0.950. The average molecular weight is 323 g/mol. The minimum atomic E-state index is -3.64. The number of nitrogens with zero attached hydrogens (tertiary/aromatic N) is 1. The van der Waals surface area contributed by atoms with Crippen LogP contribution >= 0.6 is 7.60 Å². The van der Waals surface area contributed by atoms with Crippen LogP contribution in [0.2, 0.25) is 0 Å². The van der Waals surface area contributed by atoms with Crippen LogP contribution in [0.25, 0.3) is 0 Å². The van der Waals surface area contributed by atoms with Crippen molar-refractivity contribution in [3.8, 4) is 0 Å². The van der Waals surface area contributed by atoms with E-state index in [2.05, 4.69) is 4.99 Å². The van der Waals surface area contributed by atoms with Gasteiger partial charge in [-0.25, -0.2) is 4.99 Å². The van der Waals surface area contributed by atoms with E-state index < -0.39 is 18.8 Å². The zero-order chi connectivity index (χ0) is 16.4. The highest BCUT2D eigenvalue weighted by Gasteiger charge is 2.49. The Morgan fingerprint density at radius 2 is 1.67 bits per heavy atom. The third kappa shape index (κ3) is 6.16. The van der Waals surface area contributed by atoms with Crippen molar-refractivity contribution in [2.24, 2.45) is 4.99 Å². The monoisotopic (exact) mass is 323 g/mol. The number of rotatable bonds is 11. The lowest BCUT2D eigenvalue weighted by Crippen LogP contribution is -2.30. The number of hydrogen-bond acceptors (Lipinski definition) is 7. The van der Waals surface area contributed by atoms with Crippen molar-refractivity contribution in [2.45, 2.75) is 46.3 Å². The summed E-state index contributed by atoms with van der Waals surface area (Å²) in [6, 6.07) is 0. The first kappa shape index (κ1) is 20.1. The quantitative estimate of drug-likeness (QED) is 0.251. The number of carbonyl (C=O) groups excluding carboxylic acids is 1. The maximum absolute atomic E-state index is 12.9. The van der Waals surface area contributed by atoms with Gasteiger partial charge in [0.1, 0.15) is 0 Å². The Morgan fingerprint density at radius 3 is 2.10 bits per heavy atom. The molecule has 0 aliphatic heterocycles. The van der Waals surface area contributed by atoms with E-state index in [-0.39, 0.29) is 26.2 Å².